The number of ether oxygens (including phenoxy) is 2. The molecule has 1 aliphatic heterocycles. The highest BCUT2D eigenvalue weighted by atomic mass is 16.5. The molecular weight excluding hydrogens is 144 g/mol. The van der Waals surface area contributed by atoms with Crippen LogP contribution in [0.5, 0.6) is 0 Å². The van der Waals surface area contributed by atoms with Crippen LogP contribution in [-0.2, 0) is 14.3 Å². The lowest BCUT2D eigenvalue weighted by atomic mass is 10.3. The van der Waals surface area contributed by atoms with Crippen molar-refractivity contribution in [1.29, 1.82) is 0 Å². The highest BCUT2D eigenvalue weighted by Gasteiger charge is 2.58. The summed E-state index contributed by atoms with van der Waals surface area (Å²) in [5, 5.41) is 0. The van der Waals surface area contributed by atoms with Crippen LogP contribution in [0.25, 0.3) is 0 Å². The number of rotatable bonds is 2. The summed E-state index contributed by atoms with van der Waals surface area (Å²) in [6, 6.07) is 0. The van der Waals surface area contributed by atoms with Crippen LogP contribution < -0.4 is 0 Å². The highest BCUT2D eigenvalue weighted by molar-refractivity contribution is 5.78. The third-order valence-electron chi connectivity index (χ3n) is 2.10. The first-order valence-corrected chi connectivity index (χ1v) is 3.83. The summed E-state index contributed by atoms with van der Waals surface area (Å²) < 4.78 is 9.97. The molecule has 0 spiro atoms. The van der Waals surface area contributed by atoms with Crippen LogP contribution in [0.3, 0.4) is 0 Å². The number of carbonyl (C=O) groups excluding carboxylic acids is 1. The maximum Gasteiger partial charge on any atom is 0.313 e. The lowest BCUT2D eigenvalue weighted by Gasteiger charge is -2.00. The molecule has 2 rings (SSSR count). The largest absolute Gasteiger partial charge is 0.497 e. The molecule has 0 unspecified atom stereocenters. The maximum atomic E-state index is 11.1. The molecular formula is C8H10O3. The van der Waals surface area contributed by atoms with Gasteiger partial charge in [-0.3, -0.25) is 4.79 Å². The quantitative estimate of drug-likeness (QED) is 0.549. The van der Waals surface area contributed by atoms with Crippen molar-refractivity contribution in [2.45, 2.75) is 13.0 Å². The molecule has 60 valence electrons. The molecule has 2 aliphatic rings. The van der Waals surface area contributed by atoms with Crippen molar-refractivity contribution in [3.8, 4) is 0 Å². The Bertz CT molecular complexity index is 209. The van der Waals surface area contributed by atoms with Gasteiger partial charge in [-0.25, -0.2) is 0 Å². The van der Waals surface area contributed by atoms with Gasteiger partial charge in [0.05, 0.1) is 12.9 Å². The standard InChI is InChI=1S/C8H10O3/c1-2-10-8(9)6-5-3-4-11-7(5)6/h3-7H,2H2,1H3/t5-,6-,7-/m0/s1. The third kappa shape index (κ3) is 0.914. The van der Waals surface area contributed by atoms with Gasteiger partial charge in [-0.2, -0.15) is 0 Å². The smallest absolute Gasteiger partial charge is 0.313 e. The number of fused-ring (bicyclic) bond motifs is 1. The molecule has 0 aromatic heterocycles. The SMILES string of the molecule is CCOC(=O)[C@H]1[C@@H]2C=CO[C@@H]21. The van der Waals surface area contributed by atoms with Crippen LogP contribution in [0, 0.1) is 11.8 Å². The van der Waals surface area contributed by atoms with Crippen LogP contribution in [-0.4, -0.2) is 18.7 Å². The Morgan fingerprint density at radius 1 is 1.73 bits per heavy atom. The topological polar surface area (TPSA) is 35.5 Å². The summed E-state index contributed by atoms with van der Waals surface area (Å²) in [7, 11) is 0. The third-order valence-corrected chi connectivity index (χ3v) is 2.10. The molecule has 3 atom stereocenters. The van der Waals surface area contributed by atoms with E-state index in [0.29, 0.717) is 12.5 Å². The van der Waals surface area contributed by atoms with E-state index in [4.69, 9.17) is 9.47 Å². The molecule has 1 fully saturated rings. The Kier molecular flexibility index (Phi) is 1.37. The summed E-state index contributed by atoms with van der Waals surface area (Å²) in [4.78, 5) is 11.1. The molecule has 0 radical (unpaired) electrons. The van der Waals surface area contributed by atoms with Gasteiger partial charge in [-0.05, 0) is 13.0 Å². The number of carbonyl (C=O) groups is 1. The molecule has 1 aliphatic carbocycles. The zero-order valence-corrected chi connectivity index (χ0v) is 6.32. The lowest BCUT2D eigenvalue weighted by molar-refractivity contribution is -0.145. The zero-order valence-electron chi connectivity index (χ0n) is 6.32. The molecule has 0 N–H and O–H groups in total. The van der Waals surface area contributed by atoms with Gasteiger partial charge in [-0.15, -0.1) is 0 Å². The second-order valence-electron chi connectivity index (χ2n) is 2.78. The van der Waals surface area contributed by atoms with E-state index in [-0.39, 0.29) is 18.0 Å². The first-order valence-electron chi connectivity index (χ1n) is 3.83. The molecule has 3 nitrogen and oxygen atoms in total. The predicted octanol–water partition coefficient (Wildman–Crippen LogP) is 0.708. The van der Waals surface area contributed by atoms with Gasteiger partial charge in [0, 0.05) is 5.92 Å². The van der Waals surface area contributed by atoms with E-state index in [2.05, 4.69) is 0 Å². The molecule has 0 saturated heterocycles. The van der Waals surface area contributed by atoms with Crippen molar-refractivity contribution in [1.82, 2.24) is 0 Å². The summed E-state index contributed by atoms with van der Waals surface area (Å²) in [5.41, 5.74) is 0. The van der Waals surface area contributed by atoms with Crippen molar-refractivity contribution in [2.75, 3.05) is 6.61 Å². The molecule has 0 aromatic carbocycles. The van der Waals surface area contributed by atoms with Gasteiger partial charge < -0.3 is 9.47 Å². The van der Waals surface area contributed by atoms with Gasteiger partial charge in [0.2, 0.25) is 0 Å². The number of hydrogen-bond acceptors (Lipinski definition) is 3. The Hall–Kier alpha value is -0.990. The Balaban J connectivity index is 1.90. The molecule has 11 heavy (non-hydrogen) atoms. The van der Waals surface area contributed by atoms with Crippen LogP contribution in [0.15, 0.2) is 12.3 Å². The first kappa shape index (κ1) is 6.70. The fourth-order valence-electron chi connectivity index (χ4n) is 1.47. The minimum atomic E-state index is -0.119. The normalized spacial score (nSPS) is 37.7. The fourth-order valence-corrected chi connectivity index (χ4v) is 1.47. The molecule has 3 heteroatoms. The minimum absolute atomic E-state index is 0.0139. The molecule has 1 heterocycles. The Labute approximate surface area is 65.0 Å². The van der Waals surface area contributed by atoms with Crippen molar-refractivity contribution >= 4 is 5.97 Å². The van der Waals surface area contributed by atoms with Crippen LogP contribution in [0.2, 0.25) is 0 Å². The van der Waals surface area contributed by atoms with Gasteiger partial charge in [0.25, 0.3) is 0 Å². The second kappa shape index (κ2) is 2.26. The van der Waals surface area contributed by atoms with E-state index in [9.17, 15) is 4.79 Å². The summed E-state index contributed by atoms with van der Waals surface area (Å²) >= 11 is 0. The predicted molar refractivity (Wildman–Crippen MR) is 37.6 cm³/mol. The van der Waals surface area contributed by atoms with E-state index in [0.717, 1.165) is 0 Å². The van der Waals surface area contributed by atoms with E-state index >= 15 is 0 Å². The van der Waals surface area contributed by atoms with E-state index < -0.39 is 0 Å². The van der Waals surface area contributed by atoms with E-state index in [1.807, 2.05) is 13.0 Å². The summed E-state index contributed by atoms with van der Waals surface area (Å²) in [6.45, 7) is 2.27. The fraction of sp³-hybridized carbons (Fsp3) is 0.625. The average molecular weight is 154 g/mol. The van der Waals surface area contributed by atoms with Crippen molar-refractivity contribution in [2.24, 2.45) is 11.8 Å². The van der Waals surface area contributed by atoms with Crippen LogP contribution in [0.4, 0.5) is 0 Å². The maximum absolute atomic E-state index is 11.1. The Morgan fingerprint density at radius 2 is 2.55 bits per heavy atom. The lowest BCUT2D eigenvalue weighted by Crippen LogP contribution is -2.10. The van der Waals surface area contributed by atoms with Crippen LogP contribution >= 0.6 is 0 Å². The van der Waals surface area contributed by atoms with Gasteiger partial charge in [0.1, 0.15) is 12.0 Å². The molecule has 0 aromatic rings. The second-order valence-corrected chi connectivity index (χ2v) is 2.78. The summed E-state index contributed by atoms with van der Waals surface area (Å²) in [5.74, 6) is 0.167. The van der Waals surface area contributed by atoms with E-state index in [1.54, 1.807) is 6.26 Å². The minimum Gasteiger partial charge on any atom is -0.497 e. The highest BCUT2D eigenvalue weighted by Crippen LogP contribution is 2.47. The monoisotopic (exact) mass is 154 g/mol. The number of hydrogen-bond donors (Lipinski definition) is 0. The molecule has 1 saturated carbocycles. The van der Waals surface area contributed by atoms with Crippen molar-refractivity contribution < 1.29 is 14.3 Å². The molecule has 0 amide bonds. The Morgan fingerprint density at radius 3 is 3.09 bits per heavy atom. The van der Waals surface area contributed by atoms with Gasteiger partial charge in [-0.1, -0.05) is 0 Å². The summed E-state index contributed by atoms with van der Waals surface area (Å²) in [6.07, 6.45) is 3.67. The van der Waals surface area contributed by atoms with Crippen molar-refractivity contribution in [3.05, 3.63) is 12.3 Å². The van der Waals surface area contributed by atoms with Crippen LogP contribution in [0.1, 0.15) is 6.92 Å². The zero-order chi connectivity index (χ0) is 7.84. The average Bonchev–Trinajstić information content (AvgIpc) is 2.47. The van der Waals surface area contributed by atoms with Gasteiger partial charge >= 0.3 is 5.97 Å². The van der Waals surface area contributed by atoms with Crippen molar-refractivity contribution in [3.63, 3.8) is 0 Å². The number of esters is 1. The molecule has 0 bridgehead atoms. The first-order chi connectivity index (χ1) is 5.34. The van der Waals surface area contributed by atoms with E-state index in [1.165, 1.54) is 0 Å². The van der Waals surface area contributed by atoms with Gasteiger partial charge in [0.15, 0.2) is 0 Å².